The van der Waals surface area contributed by atoms with Crippen molar-refractivity contribution in [3.8, 4) is 5.69 Å². The molecule has 10 heteroatoms. The Balaban J connectivity index is 1.27. The summed E-state index contributed by atoms with van der Waals surface area (Å²) in [6, 6.07) is 3.87. The van der Waals surface area contributed by atoms with E-state index in [1.54, 1.807) is 15.8 Å². The zero-order chi connectivity index (χ0) is 22.7. The Labute approximate surface area is 197 Å². The summed E-state index contributed by atoms with van der Waals surface area (Å²) in [7, 11) is 1.83. The molecule has 5 heterocycles. The van der Waals surface area contributed by atoms with Gasteiger partial charge in [-0.1, -0.05) is 11.6 Å². The lowest BCUT2D eigenvalue weighted by atomic mass is 9.97. The van der Waals surface area contributed by atoms with Crippen LogP contribution in [0, 0.1) is 0 Å². The number of halogens is 1. The molecule has 1 unspecified atom stereocenters. The Bertz CT molecular complexity index is 1210. The Morgan fingerprint density at radius 1 is 1.09 bits per heavy atom. The second-order valence-electron chi connectivity index (χ2n) is 9.63. The van der Waals surface area contributed by atoms with Crippen molar-refractivity contribution in [1.29, 1.82) is 0 Å². The molecule has 3 aliphatic rings. The van der Waals surface area contributed by atoms with Gasteiger partial charge in [0.15, 0.2) is 0 Å². The predicted octanol–water partition coefficient (Wildman–Crippen LogP) is 2.19. The maximum Gasteiger partial charge on any atom is 0.247 e. The van der Waals surface area contributed by atoms with E-state index < -0.39 is 0 Å². The lowest BCUT2D eigenvalue weighted by Crippen LogP contribution is -2.64. The van der Waals surface area contributed by atoms with E-state index in [4.69, 9.17) is 16.3 Å². The molecule has 3 fully saturated rings. The number of amides is 1. The quantitative estimate of drug-likeness (QED) is 0.583. The fourth-order valence-corrected chi connectivity index (χ4v) is 5.50. The molecule has 3 aromatic rings. The van der Waals surface area contributed by atoms with Gasteiger partial charge < -0.3 is 14.5 Å². The molecule has 0 saturated carbocycles. The van der Waals surface area contributed by atoms with Gasteiger partial charge >= 0.3 is 0 Å². The van der Waals surface area contributed by atoms with Gasteiger partial charge in [0.05, 0.1) is 53.6 Å². The van der Waals surface area contributed by atoms with Gasteiger partial charge in [0, 0.05) is 45.2 Å². The number of carbonyl (C=O) groups is 1. The fourth-order valence-electron chi connectivity index (χ4n) is 5.21. The molecule has 0 N–H and O–H groups in total. The first-order valence-electron chi connectivity index (χ1n) is 11.5. The number of ether oxygens (including phenoxy) is 1. The van der Waals surface area contributed by atoms with Crippen molar-refractivity contribution < 1.29 is 9.53 Å². The SMILES string of the molecule is CN1CCC(n2cc(-n3ncc4cc(Cl)c(N5CCN(C6(C)COC6)CC5)cc43)cn2)C1=O. The van der Waals surface area contributed by atoms with Crippen LogP contribution < -0.4 is 4.90 Å². The van der Waals surface area contributed by atoms with Gasteiger partial charge in [0.2, 0.25) is 5.91 Å². The molecule has 33 heavy (non-hydrogen) atoms. The molecule has 1 aromatic carbocycles. The number of likely N-dealkylation sites (tertiary alicyclic amines) is 1. The highest BCUT2D eigenvalue weighted by Gasteiger charge is 2.40. The van der Waals surface area contributed by atoms with E-state index in [9.17, 15) is 4.79 Å². The zero-order valence-electron chi connectivity index (χ0n) is 18.9. The summed E-state index contributed by atoms with van der Waals surface area (Å²) in [6.07, 6.45) is 6.27. The van der Waals surface area contributed by atoms with E-state index in [1.807, 2.05) is 30.2 Å². The summed E-state index contributed by atoms with van der Waals surface area (Å²) in [6.45, 7) is 8.49. The maximum atomic E-state index is 12.4. The minimum absolute atomic E-state index is 0.102. The number of likely N-dealkylation sites (N-methyl/N-ethyl adjacent to an activating group) is 1. The first-order chi connectivity index (χ1) is 15.9. The van der Waals surface area contributed by atoms with Gasteiger partial charge in [-0.3, -0.25) is 14.4 Å². The monoisotopic (exact) mass is 469 g/mol. The summed E-state index contributed by atoms with van der Waals surface area (Å²) < 4.78 is 9.09. The largest absolute Gasteiger partial charge is 0.377 e. The first-order valence-corrected chi connectivity index (χ1v) is 11.9. The van der Waals surface area contributed by atoms with Crippen LogP contribution in [0.5, 0.6) is 0 Å². The first kappa shape index (κ1) is 20.9. The van der Waals surface area contributed by atoms with Crippen molar-refractivity contribution in [3.05, 3.63) is 35.7 Å². The van der Waals surface area contributed by atoms with Gasteiger partial charge in [0.1, 0.15) is 11.7 Å². The van der Waals surface area contributed by atoms with Gasteiger partial charge in [-0.2, -0.15) is 10.2 Å². The highest BCUT2D eigenvalue weighted by molar-refractivity contribution is 6.34. The Hall–Kier alpha value is -2.62. The van der Waals surface area contributed by atoms with Gasteiger partial charge in [0.25, 0.3) is 0 Å². The predicted molar refractivity (Wildman–Crippen MR) is 126 cm³/mol. The third kappa shape index (κ3) is 3.41. The zero-order valence-corrected chi connectivity index (χ0v) is 19.7. The summed E-state index contributed by atoms with van der Waals surface area (Å²) in [5.41, 5.74) is 3.02. The standard InChI is InChI=1S/C23H28ClN7O2/c1-23(14-33-15-23)29-7-5-28(6-8-29)21-10-20-16(9-18(21)24)11-26-31(20)17-12-25-30(13-17)19-3-4-27(2)22(19)32/h9-13,19H,3-8,14-15H2,1-2H3. The van der Waals surface area contributed by atoms with Crippen LogP contribution in [0.4, 0.5) is 5.69 Å². The molecular weight excluding hydrogens is 442 g/mol. The molecule has 0 spiro atoms. The number of anilines is 1. The highest BCUT2D eigenvalue weighted by Crippen LogP contribution is 2.34. The molecule has 174 valence electrons. The van der Waals surface area contributed by atoms with Crippen molar-refractivity contribution in [2.75, 3.05) is 57.9 Å². The van der Waals surface area contributed by atoms with Crippen LogP contribution in [0.25, 0.3) is 16.6 Å². The highest BCUT2D eigenvalue weighted by atomic mass is 35.5. The topological polar surface area (TPSA) is 71.7 Å². The molecular formula is C23H28ClN7O2. The average molecular weight is 470 g/mol. The molecule has 9 nitrogen and oxygen atoms in total. The fraction of sp³-hybridized carbons (Fsp3) is 0.522. The van der Waals surface area contributed by atoms with E-state index in [0.29, 0.717) is 0 Å². The number of aromatic nitrogens is 4. The summed E-state index contributed by atoms with van der Waals surface area (Å²) in [5.74, 6) is 0.102. The Morgan fingerprint density at radius 2 is 1.88 bits per heavy atom. The van der Waals surface area contributed by atoms with Gasteiger partial charge in [-0.25, -0.2) is 4.68 Å². The van der Waals surface area contributed by atoms with Crippen LogP contribution >= 0.6 is 11.6 Å². The minimum atomic E-state index is -0.241. The molecule has 1 atom stereocenters. The summed E-state index contributed by atoms with van der Waals surface area (Å²) >= 11 is 6.71. The Morgan fingerprint density at radius 3 is 2.55 bits per heavy atom. The number of piperazine rings is 1. The molecule has 3 aliphatic heterocycles. The number of carbonyl (C=O) groups excluding carboxylic acids is 1. The van der Waals surface area contributed by atoms with Crippen molar-refractivity contribution in [3.63, 3.8) is 0 Å². The minimum Gasteiger partial charge on any atom is -0.377 e. The van der Waals surface area contributed by atoms with Crippen LogP contribution in [0.3, 0.4) is 0 Å². The second-order valence-corrected chi connectivity index (χ2v) is 10.0. The number of nitrogens with zero attached hydrogens (tertiary/aromatic N) is 7. The second kappa shape index (κ2) is 7.72. The molecule has 6 rings (SSSR count). The van der Waals surface area contributed by atoms with Gasteiger partial charge in [-0.15, -0.1) is 0 Å². The molecule has 3 saturated heterocycles. The van der Waals surface area contributed by atoms with Crippen LogP contribution in [-0.2, 0) is 9.53 Å². The average Bonchev–Trinajstić information content (AvgIpc) is 3.51. The number of hydrogen-bond acceptors (Lipinski definition) is 6. The molecule has 2 aromatic heterocycles. The lowest BCUT2D eigenvalue weighted by Gasteiger charge is -2.50. The van der Waals surface area contributed by atoms with Crippen molar-refractivity contribution >= 4 is 34.1 Å². The van der Waals surface area contributed by atoms with E-state index in [1.165, 1.54) is 0 Å². The molecule has 1 amide bonds. The number of fused-ring (bicyclic) bond motifs is 1. The lowest BCUT2D eigenvalue weighted by molar-refractivity contribution is -0.131. The van der Waals surface area contributed by atoms with Crippen LogP contribution in [0.1, 0.15) is 19.4 Å². The van der Waals surface area contributed by atoms with E-state index in [0.717, 1.165) is 79.7 Å². The number of benzene rings is 1. The number of rotatable bonds is 4. The normalized spacial score (nSPS) is 23.5. The van der Waals surface area contributed by atoms with Crippen molar-refractivity contribution in [2.45, 2.75) is 24.9 Å². The van der Waals surface area contributed by atoms with E-state index in [2.05, 4.69) is 33.0 Å². The van der Waals surface area contributed by atoms with Crippen LogP contribution in [0.15, 0.2) is 30.7 Å². The number of hydrogen-bond donors (Lipinski definition) is 0. The smallest absolute Gasteiger partial charge is 0.247 e. The van der Waals surface area contributed by atoms with Crippen molar-refractivity contribution in [2.24, 2.45) is 0 Å². The Kier molecular flexibility index (Phi) is 4.90. The van der Waals surface area contributed by atoms with Gasteiger partial charge in [-0.05, 0) is 25.5 Å². The van der Waals surface area contributed by atoms with Crippen LogP contribution in [0.2, 0.25) is 5.02 Å². The van der Waals surface area contributed by atoms with E-state index >= 15 is 0 Å². The summed E-state index contributed by atoms with van der Waals surface area (Å²) in [4.78, 5) is 19.0. The maximum absolute atomic E-state index is 12.4. The van der Waals surface area contributed by atoms with E-state index in [-0.39, 0.29) is 17.5 Å². The molecule has 0 radical (unpaired) electrons. The third-order valence-corrected chi connectivity index (χ3v) is 7.70. The van der Waals surface area contributed by atoms with Crippen LogP contribution in [-0.4, -0.2) is 93.8 Å². The molecule has 0 aliphatic carbocycles. The third-order valence-electron chi connectivity index (χ3n) is 7.40. The summed E-state index contributed by atoms with van der Waals surface area (Å²) in [5, 5.41) is 10.8. The van der Waals surface area contributed by atoms with Crippen molar-refractivity contribution in [1.82, 2.24) is 29.4 Å². The molecule has 0 bridgehead atoms.